The molecule has 1 nitrogen and oxygen atoms in total. The molecule has 2 saturated heterocycles. The van der Waals surface area contributed by atoms with E-state index in [-0.39, 0.29) is 7.27 Å². The average molecular weight is 175 g/mol. The fourth-order valence-corrected chi connectivity index (χ4v) is 7.08. The lowest BCUT2D eigenvalue weighted by molar-refractivity contribution is 0.436. The smallest absolute Gasteiger partial charge is 0.0262 e. The molecule has 0 aromatic carbocycles. The predicted molar refractivity (Wildman–Crippen MR) is 49.6 cm³/mol. The summed E-state index contributed by atoms with van der Waals surface area (Å²) in [5.74, 6) is 0. The maximum Gasteiger partial charge on any atom is 0.0262 e. The molecule has 0 unspecified atom stereocenters. The molecule has 2 aliphatic rings. The van der Waals surface area contributed by atoms with Crippen molar-refractivity contribution >= 4 is 18.7 Å². The van der Waals surface area contributed by atoms with E-state index in [4.69, 9.17) is 0 Å². The molecular weight excluding hydrogens is 161 g/mol. The van der Waals surface area contributed by atoms with E-state index in [0.29, 0.717) is 0 Å². The van der Waals surface area contributed by atoms with Gasteiger partial charge in [0.15, 0.2) is 0 Å². The first kappa shape index (κ1) is 7.39. The van der Waals surface area contributed by atoms with Crippen molar-refractivity contribution in [2.24, 2.45) is 0 Å². The minimum absolute atomic E-state index is 0.205. The fraction of sp³-hybridized carbons (Fsp3) is 1.00. The molecule has 0 radical (unpaired) electrons. The topological polar surface area (TPSA) is 3.24 Å². The van der Waals surface area contributed by atoms with E-state index in [1.807, 2.05) is 0 Å². The zero-order valence-electron chi connectivity index (χ0n) is 6.58. The molecule has 0 saturated carbocycles. The molecule has 0 bridgehead atoms. The molecule has 0 spiro atoms. The standard InChI is InChI=1S/C7H14NPS/c1-6-7-4-3-5-8(7)9(2)10-6/h6-7H,3-5H2,1-2H3/t6-,7+,9-/m0/s1. The van der Waals surface area contributed by atoms with Crippen LogP contribution >= 0.6 is 18.7 Å². The summed E-state index contributed by atoms with van der Waals surface area (Å²) in [5, 5.41) is 0.915. The lowest BCUT2D eigenvalue weighted by Crippen LogP contribution is -2.24. The first-order chi connectivity index (χ1) is 4.79. The zero-order chi connectivity index (χ0) is 7.14. The lowest BCUT2D eigenvalue weighted by Gasteiger charge is -2.18. The summed E-state index contributed by atoms with van der Waals surface area (Å²) in [6.07, 6.45) is 2.91. The van der Waals surface area contributed by atoms with Gasteiger partial charge in [0.1, 0.15) is 0 Å². The van der Waals surface area contributed by atoms with Crippen LogP contribution in [0.25, 0.3) is 0 Å². The van der Waals surface area contributed by atoms with Crippen LogP contribution in [0.1, 0.15) is 19.8 Å². The third-order valence-electron chi connectivity index (χ3n) is 2.49. The monoisotopic (exact) mass is 175 g/mol. The summed E-state index contributed by atoms with van der Waals surface area (Å²) in [6.45, 7) is 6.17. The van der Waals surface area contributed by atoms with Gasteiger partial charge in [-0.15, -0.1) is 11.4 Å². The molecule has 58 valence electrons. The normalized spacial score (nSPS) is 48.0. The van der Waals surface area contributed by atoms with Crippen molar-refractivity contribution in [1.29, 1.82) is 0 Å². The van der Waals surface area contributed by atoms with E-state index in [1.54, 1.807) is 0 Å². The van der Waals surface area contributed by atoms with E-state index in [1.165, 1.54) is 19.4 Å². The van der Waals surface area contributed by atoms with Crippen molar-refractivity contribution in [3.63, 3.8) is 0 Å². The number of rotatable bonds is 0. The van der Waals surface area contributed by atoms with Gasteiger partial charge in [0.25, 0.3) is 0 Å². The van der Waals surface area contributed by atoms with Crippen LogP contribution in [0.5, 0.6) is 0 Å². The van der Waals surface area contributed by atoms with Gasteiger partial charge in [-0.25, -0.2) is 0 Å². The number of fused-ring (bicyclic) bond motifs is 1. The van der Waals surface area contributed by atoms with Gasteiger partial charge in [-0.2, -0.15) is 0 Å². The van der Waals surface area contributed by atoms with Crippen molar-refractivity contribution in [3.05, 3.63) is 0 Å². The van der Waals surface area contributed by atoms with Gasteiger partial charge in [-0.05, 0) is 19.5 Å². The van der Waals surface area contributed by atoms with Crippen molar-refractivity contribution < 1.29 is 0 Å². The highest BCUT2D eigenvalue weighted by Crippen LogP contribution is 2.62. The number of hydrogen-bond donors (Lipinski definition) is 0. The van der Waals surface area contributed by atoms with Gasteiger partial charge in [0, 0.05) is 25.1 Å². The van der Waals surface area contributed by atoms with Crippen LogP contribution in [0.2, 0.25) is 0 Å². The molecular formula is C7H14NPS. The summed E-state index contributed by atoms with van der Waals surface area (Å²) < 4.78 is 2.73. The van der Waals surface area contributed by atoms with E-state index in [0.717, 1.165) is 11.3 Å². The molecule has 0 amide bonds. The molecule has 10 heavy (non-hydrogen) atoms. The maximum absolute atomic E-state index is 2.73. The second kappa shape index (κ2) is 2.66. The molecule has 2 rings (SSSR count). The van der Waals surface area contributed by atoms with Crippen molar-refractivity contribution in [2.45, 2.75) is 31.1 Å². The lowest BCUT2D eigenvalue weighted by atomic mass is 10.2. The average Bonchev–Trinajstić information content (AvgIpc) is 2.39. The molecule has 0 aliphatic carbocycles. The Morgan fingerprint density at radius 3 is 3.10 bits per heavy atom. The predicted octanol–water partition coefficient (Wildman–Crippen LogP) is 2.53. The highest BCUT2D eigenvalue weighted by atomic mass is 32.7. The van der Waals surface area contributed by atoms with Crippen molar-refractivity contribution in [1.82, 2.24) is 4.67 Å². The Labute approximate surface area is 68.1 Å². The molecule has 2 aliphatic heterocycles. The van der Waals surface area contributed by atoms with Crippen LogP contribution in [0.3, 0.4) is 0 Å². The highest BCUT2D eigenvalue weighted by Gasteiger charge is 2.39. The van der Waals surface area contributed by atoms with E-state index < -0.39 is 0 Å². The van der Waals surface area contributed by atoms with Crippen LogP contribution in [0.15, 0.2) is 0 Å². The second-order valence-electron chi connectivity index (χ2n) is 3.15. The number of nitrogens with zero attached hydrogens (tertiary/aromatic N) is 1. The SMILES string of the molecule is C[C@@H]1S[P@@](C)N2CCC[C@H]12. The van der Waals surface area contributed by atoms with E-state index in [9.17, 15) is 0 Å². The molecule has 3 heteroatoms. The quantitative estimate of drug-likeness (QED) is 0.520. The molecule has 2 fully saturated rings. The first-order valence-electron chi connectivity index (χ1n) is 3.96. The highest BCUT2D eigenvalue weighted by molar-refractivity contribution is 8.55. The largest absolute Gasteiger partial charge is 0.270 e. The van der Waals surface area contributed by atoms with Gasteiger partial charge in [0.2, 0.25) is 0 Å². The van der Waals surface area contributed by atoms with Crippen LogP contribution in [-0.4, -0.2) is 29.2 Å². The molecule has 2 heterocycles. The summed E-state index contributed by atoms with van der Waals surface area (Å²) in [6, 6.07) is 0.945. The van der Waals surface area contributed by atoms with Gasteiger partial charge in [-0.1, -0.05) is 6.92 Å². The van der Waals surface area contributed by atoms with Crippen LogP contribution in [0.4, 0.5) is 0 Å². The Hall–Kier alpha value is 0.740. The number of hydrogen-bond acceptors (Lipinski definition) is 2. The van der Waals surface area contributed by atoms with Gasteiger partial charge < -0.3 is 0 Å². The zero-order valence-corrected chi connectivity index (χ0v) is 8.29. The van der Waals surface area contributed by atoms with E-state index >= 15 is 0 Å². The Morgan fingerprint density at radius 2 is 2.40 bits per heavy atom. The third-order valence-corrected chi connectivity index (χ3v) is 7.21. The van der Waals surface area contributed by atoms with Crippen molar-refractivity contribution in [2.75, 3.05) is 13.2 Å². The Morgan fingerprint density at radius 1 is 1.60 bits per heavy atom. The third kappa shape index (κ3) is 1.01. The summed E-state index contributed by atoms with van der Waals surface area (Å²) >= 11 is 2.20. The molecule has 0 N–H and O–H groups in total. The van der Waals surface area contributed by atoms with Crippen LogP contribution < -0.4 is 0 Å². The minimum atomic E-state index is 0.205. The summed E-state index contributed by atoms with van der Waals surface area (Å²) in [4.78, 5) is 0. The summed E-state index contributed by atoms with van der Waals surface area (Å²) in [7, 11) is 0.205. The van der Waals surface area contributed by atoms with Gasteiger partial charge in [-0.3, -0.25) is 4.67 Å². The minimum Gasteiger partial charge on any atom is -0.270 e. The fourth-order valence-electron chi connectivity index (χ4n) is 1.98. The van der Waals surface area contributed by atoms with E-state index in [2.05, 4.69) is 29.6 Å². The van der Waals surface area contributed by atoms with Crippen LogP contribution in [0, 0.1) is 0 Å². The van der Waals surface area contributed by atoms with Gasteiger partial charge in [0.05, 0.1) is 0 Å². The maximum atomic E-state index is 2.73. The molecule has 0 aromatic rings. The second-order valence-corrected chi connectivity index (χ2v) is 7.76. The summed E-state index contributed by atoms with van der Waals surface area (Å²) in [5.41, 5.74) is 0. The van der Waals surface area contributed by atoms with Crippen molar-refractivity contribution in [3.8, 4) is 0 Å². The first-order valence-corrected chi connectivity index (χ1v) is 7.19. The van der Waals surface area contributed by atoms with Gasteiger partial charge >= 0.3 is 0 Å². The Bertz CT molecular complexity index is 128. The Kier molecular flexibility index (Phi) is 1.96. The van der Waals surface area contributed by atoms with Crippen LogP contribution in [-0.2, 0) is 0 Å². The molecule has 3 atom stereocenters. The molecule has 0 aromatic heterocycles. The Balaban J connectivity index is 2.11.